The molecule has 140 valence electrons. The zero-order chi connectivity index (χ0) is 19.7. The van der Waals surface area contributed by atoms with E-state index in [0.717, 1.165) is 11.1 Å². The minimum atomic E-state index is -0.699. The molecule has 0 spiro atoms. The molecule has 0 heterocycles. The highest BCUT2D eigenvalue weighted by Crippen LogP contribution is 2.40. The van der Waals surface area contributed by atoms with E-state index in [1.807, 2.05) is 6.07 Å². The van der Waals surface area contributed by atoms with Gasteiger partial charge in [-0.3, -0.25) is 9.69 Å². The average Bonchev–Trinajstić information content (AvgIpc) is 2.91. The lowest BCUT2D eigenvalue weighted by atomic mass is 10.1. The Kier molecular flexibility index (Phi) is 5.95. The van der Waals surface area contributed by atoms with Crippen LogP contribution in [0, 0.1) is 11.3 Å². The van der Waals surface area contributed by atoms with Gasteiger partial charge < -0.3 is 10.4 Å². The van der Waals surface area contributed by atoms with Gasteiger partial charge in [-0.15, -0.1) is 0 Å². The number of aliphatic hydroxyl groups excluding tert-OH is 1. The lowest BCUT2D eigenvalue weighted by molar-refractivity contribution is -0.118. The molecule has 27 heavy (non-hydrogen) atoms. The second-order valence-corrected chi connectivity index (χ2v) is 7.72. The second kappa shape index (κ2) is 8.05. The number of nitrogens with zero attached hydrogens (tertiary/aromatic N) is 2. The first-order valence-electron chi connectivity index (χ1n) is 8.15. The molecular weight excluding hydrogens is 409 g/mol. The molecule has 8 heteroatoms. The third-order valence-electron chi connectivity index (χ3n) is 4.54. The number of hydrogen-bond acceptors (Lipinski definition) is 4. The van der Waals surface area contributed by atoms with Crippen LogP contribution in [0.3, 0.4) is 0 Å². The van der Waals surface area contributed by atoms with Crippen molar-refractivity contribution in [1.29, 1.82) is 5.26 Å². The summed E-state index contributed by atoms with van der Waals surface area (Å²) in [5.74, 6) is -0.329. The summed E-state index contributed by atoms with van der Waals surface area (Å²) in [5.41, 5.74) is 2.32. The van der Waals surface area contributed by atoms with E-state index in [0.29, 0.717) is 32.7 Å². The predicted molar refractivity (Wildman–Crippen MR) is 106 cm³/mol. The number of likely N-dealkylation sites (N-methyl/N-ethyl adjacent to an activating group) is 1. The van der Waals surface area contributed by atoms with Gasteiger partial charge in [0.05, 0.1) is 29.9 Å². The number of nitriles is 1. The summed E-state index contributed by atoms with van der Waals surface area (Å²) in [7, 11) is 1.74. The minimum Gasteiger partial charge on any atom is -0.391 e. The Hall–Kier alpha value is -1.81. The fraction of sp³-hybridized carbons (Fsp3) is 0.263. The highest BCUT2D eigenvalue weighted by atomic mass is 35.5. The van der Waals surface area contributed by atoms with E-state index < -0.39 is 12.1 Å². The Labute approximate surface area is 172 Å². The SMILES string of the molecule is CN(CC(=O)Nc1cc(Cl)ccc1C#N)C1c2cc(Cl)cc(Cl)c2CC1O. The highest BCUT2D eigenvalue weighted by molar-refractivity contribution is 6.35. The Bertz CT molecular complexity index is 943. The van der Waals surface area contributed by atoms with Crippen molar-refractivity contribution < 1.29 is 9.90 Å². The van der Waals surface area contributed by atoms with Gasteiger partial charge in [0.15, 0.2) is 0 Å². The van der Waals surface area contributed by atoms with Crippen molar-refractivity contribution >= 4 is 46.4 Å². The molecule has 0 fully saturated rings. The zero-order valence-corrected chi connectivity index (χ0v) is 16.6. The van der Waals surface area contributed by atoms with E-state index in [1.54, 1.807) is 36.2 Å². The molecule has 2 aromatic rings. The van der Waals surface area contributed by atoms with Crippen LogP contribution in [-0.2, 0) is 11.2 Å². The van der Waals surface area contributed by atoms with Crippen molar-refractivity contribution in [1.82, 2.24) is 4.90 Å². The van der Waals surface area contributed by atoms with Gasteiger partial charge in [0.1, 0.15) is 6.07 Å². The summed E-state index contributed by atoms with van der Waals surface area (Å²) in [4.78, 5) is 14.2. The Morgan fingerprint density at radius 1 is 1.30 bits per heavy atom. The van der Waals surface area contributed by atoms with Gasteiger partial charge in [-0.2, -0.15) is 5.26 Å². The molecule has 0 aromatic heterocycles. The number of halogens is 3. The Morgan fingerprint density at radius 3 is 2.74 bits per heavy atom. The minimum absolute atomic E-state index is 0.00266. The summed E-state index contributed by atoms with van der Waals surface area (Å²) in [6.07, 6.45) is -0.302. The molecule has 0 saturated heterocycles. The van der Waals surface area contributed by atoms with E-state index in [2.05, 4.69) is 5.32 Å². The van der Waals surface area contributed by atoms with Gasteiger partial charge in [0.2, 0.25) is 5.91 Å². The first kappa shape index (κ1) is 19.9. The van der Waals surface area contributed by atoms with Gasteiger partial charge >= 0.3 is 0 Å². The van der Waals surface area contributed by atoms with Crippen molar-refractivity contribution in [2.75, 3.05) is 18.9 Å². The first-order chi connectivity index (χ1) is 12.8. The molecule has 2 aromatic carbocycles. The van der Waals surface area contributed by atoms with Crippen LogP contribution in [0.4, 0.5) is 5.69 Å². The lowest BCUT2D eigenvalue weighted by Gasteiger charge is -2.27. The quantitative estimate of drug-likeness (QED) is 0.776. The fourth-order valence-corrected chi connectivity index (χ4v) is 4.15. The fourth-order valence-electron chi connectivity index (χ4n) is 3.39. The van der Waals surface area contributed by atoms with Crippen molar-refractivity contribution in [3.63, 3.8) is 0 Å². The normalized spacial score (nSPS) is 18.3. The van der Waals surface area contributed by atoms with Crippen molar-refractivity contribution in [2.45, 2.75) is 18.6 Å². The molecule has 1 aliphatic rings. The van der Waals surface area contributed by atoms with Crippen LogP contribution in [0.2, 0.25) is 15.1 Å². The molecular formula is C19H16Cl3N3O2. The Balaban J connectivity index is 1.77. The number of nitrogens with one attached hydrogen (secondary N) is 1. The molecule has 2 atom stereocenters. The summed E-state index contributed by atoms with van der Waals surface area (Å²) < 4.78 is 0. The number of carbonyl (C=O) groups is 1. The van der Waals surface area contributed by atoms with Gasteiger partial charge in [-0.05, 0) is 48.5 Å². The van der Waals surface area contributed by atoms with E-state index in [-0.39, 0.29) is 12.5 Å². The first-order valence-corrected chi connectivity index (χ1v) is 9.29. The van der Waals surface area contributed by atoms with E-state index in [4.69, 9.17) is 40.1 Å². The van der Waals surface area contributed by atoms with Crippen LogP contribution in [0.5, 0.6) is 0 Å². The standard InChI is InChI=1S/C19H16Cl3N3O2/c1-25(9-18(27)24-16-6-11(20)3-2-10(16)8-23)19-14-4-12(21)5-15(22)13(14)7-17(19)26/h2-6,17,19,26H,7,9H2,1H3,(H,24,27). The van der Waals surface area contributed by atoms with E-state index in [9.17, 15) is 9.90 Å². The van der Waals surface area contributed by atoms with Crippen LogP contribution in [-0.4, -0.2) is 35.6 Å². The predicted octanol–water partition coefficient (Wildman–Crippen LogP) is 4.05. The number of carbonyl (C=O) groups excluding carboxylic acids is 1. The van der Waals surface area contributed by atoms with Crippen molar-refractivity contribution in [3.05, 3.63) is 62.1 Å². The van der Waals surface area contributed by atoms with E-state index in [1.165, 1.54) is 6.07 Å². The number of rotatable bonds is 4. The topological polar surface area (TPSA) is 76.4 Å². The van der Waals surface area contributed by atoms with Crippen LogP contribution in [0.25, 0.3) is 0 Å². The van der Waals surface area contributed by atoms with Crippen molar-refractivity contribution in [2.24, 2.45) is 0 Å². The number of fused-ring (bicyclic) bond motifs is 1. The summed E-state index contributed by atoms with van der Waals surface area (Å²) in [5, 5.41) is 23.7. The molecule has 3 rings (SSSR count). The van der Waals surface area contributed by atoms with Gasteiger partial charge in [0, 0.05) is 21.5 Å². The number of benzene rings is 2. The lowest BCUT2D eigenvalue weighted by Crippen LogP contribution is -2.37. The number of aliphatic hydroxyl groups is 1. The Morgan fingerprint density at radius 2 is 2.04 bits per heavy atom. The molecule has 2 N–H and O–H groups in total. The maximum Gasteiger partial charge on any atom is 0.238 e. The van der Waals surface area contributed by atoms with Gasteiger partial charge in [0.25, 0.3) is 0 Å². The number of anilines is 1. The van der Waals surface area contributed by atoms with Gasteiger partial charge in [-0.25, -0.2) is 0 Å². The van der Waals surface area contributed by atoms with E-state index >= 15 is 0 Å². The maximum absolute atomic E-state index is 12.5. The molecule has 1 aliphatic carbocycles. The third kappa shape index (κ3) is 4.21. The smallest absolute Gasteiger partial charge is 0.238 e. The molecule has 0 bridgehead atoms. The molecule has 0 saturated carbocycles. The molecule has 0 radical (unpaired) electrons. The highest BCUT2D eigenvalue weighted by Gasteiger charge is 2.36. The monoisotopic (exact) mass is 423 g/mol. The van der Waals surface area contributed by atoms with Crippen molar-refractivity contribution in [3.8, 4) is 6.07 Å². The third-order valence-corrected chi connectivity index (χ3v) is 5.33. The summed E-state index contributed by atoms with van der Waals surface area (Å²) in [6.45, 7) is 0.00266. The number of hydrogen-bond donors (Lipinski definition) is 2. The molecule has 1 amide bonds. The largest absolute Gasteiger partial charge is 0.391 e. The summed E-state index contributed by atoms with van der Waals surface area (Å²) >= 11 is 18.3. The number of amides is 1. The average molecular weight is 425 g/mol. The molecule has 2 unspecified atom stereocenters. The van der Waals surface area contributed by atoms with Crippen LogP contribution in [0.15, 0.2) is 30.3 Å². The van der Waals surface area contributed by atoms with Crippen LogP contribution < -0.4 is 5.32 Å². The second-order valence-electron chi connectivity index (χ2n) is 6.44. The maximum atomic E-state index is 12.5. The van der Waals surface area contributed by atoms with Gasteiger partial charge in [-0.1, -0.05) is 34.8 Å². The zero-order valence-electron chi connectivity index (χ0n) is 14.3. The summed E-state index contributed by atoms with van der Waals surface area (Å²) in [6, 6.07) is 9.67. The molecule has 0 aliphatic heterocycles. The molecule has 5 nitrogen and oxygen atoms in total. The van der Waals surface area contributed by atoms with Crippen LogP contribution in [0.1, 0.15) is 22.7 Å². The van der Waals surface area contributed by atoms with Crippen LogP contribution >= 0.6 is 34.8 Å².